The van der Waals surface area contributed by atoms with Gasteiger partial charge in [-0.25, -0.2) is 0 Å². The van der Waals surface area contributed by atoms with Crippen LogP contribution in [0.15, 0.2) is 0 Å². The van der Waals surface area contributed by atoms with Gasteiger partial charge in [0.2, 0.25) is 0 Å². The minimum absolute atomic E-state index is 0.111. The molecule has 0 aromatic carbocycles. The number of carboxylic acid groups (broad SMARTS) is 1. The molecule has 0 amide bonds. The fourth-order valence-electron chi connectivity index (χ4n) is 2.56. The first-order valence-corrected chi connectivity index (χ1v) is 5.75. The molecule has 0 spiro atoms. The molecule has 2 aliphatic rings. The van der Waals surface area contributed by atoms with E-state index in [4.69, 9.17) is 5.11 Å². The summed E-state index contributed by atoms with van der Waals surface area (Å²) in [5.41, 5.74) is 0. The van der Waals surface area contributed by atoms with Gasteiger partial charge < -0.3 is 10.0 Å². The minimum Gasteiger partial charge on any atom is -0.481 e. The van der Waals surface area contributed by atoms with Crippen LogP contribution in [0.5, 0.6) is 0 Å². The molecule has 0 aliphatic carbocycles. The van der Waals surface area contributed by atoms with Crippen LogP contribution >= 0.6 is 0 Å². The lowest BCUT2D eigenvalue weighted by Gasteiger charge is -2.47. The second-order valence-electron chi connectivity index (χ2n) is 5.00. The number of hydrogen-bond donors (Lipinski definition) is 1. The monoisotopic (exact) mass is 212 g/mol. The number of rotatable bonds is 2. The number of aliphatic carboxylic acids is 1. The largest absolute Gasteiger partial charge is 0.481 e. The average molecular weight is 212 g/mol. The zero-order valence-corrected chi connectivity index (χ0v) is 9.52. The number of piperidine rings is 1. The standard InChI is InChI=1S/C11H20N2O2/c1-8-5-10(3-4-12(8)2)13-6-9(7-13)11(14)15/h8-10H,3-7H2,1-2H3,(H,14,15). The molecular formula is C11H20N2O2. The van der Waals surface area contributed by atoms with E-state index in [1.54, 1.807) is 0 Å². The molecule has 0 saturated carbocycles. The van der Waals surface area contributed by atoms with Crippen LogP contribution < -0.4 is 0 Å². The van der Waals surface area contributed by atoms with Gasteiger partial charge in [-0.15, -0.1) is 0 Å². The Morgan fingerprint density at radius 2 is 2.07 bits per heavy atom. The Morgan fingerprint density at radius 1 is 1.40 bits per heavy atom. The fraction of sp³-hybridized carbons (Fsp3) is 0.909. The highest BCUT2D eigenvalue weighted by Crippen LogP contribution is 2.27. The summed E-state index contributed by atoms with van der Waals surface area (Å²) in [6.45, 7) is 4.91. The van der Waals surface area contributed by atoms with Crippen molar-refractivity contribution >= 4 is 5.97 Å². The van der Waals surface area contributed by atoms with E-state index < -0.39 is 5.97 Å². The fourth-order valence-corrected chi connectivity index (χ4v) is 2.56. The highest BCUT2D eigenvalue weighted by Gasteiger charge is 2.38. The lowest BCUT2D eigenvalue weighted by molar-refractivity contribution is -0.149. The van der Waals surface area contributed by atoms with E-state index in [0.717, 1.165) is 19.6 Å². The molecule has 4 heteroatoms. The minimum atomic E-state index is -0.632. The molecule has 15 heavy (non-hydrogen) atoms. The van der Waals surface area contributed by atoms with Crippen molar-refractivity contribution in [2.75, 3.05) is 26.7 Å². The van der Waals surface area contributed by atoms with Gasteiger partial charge in [-0.1, -0.05) is 0 Å². The van der Waals surface area contributed by atoms with E-state index in [9.17, 15) is 4.79 Å². The van der Waals surface area contributed by atoms with E-state index in [1.807, 2.05) is 0 Å². The zero-order chi connectivity index (χ0) is 11.0. The Balaban J connectivity index is 1.80. The van der Waals surface area contributed by atoms with Crippen molar-refractivity contribution in [3.05, 3.63) is 0 Å². The van der Waals surface area contributed by atoms with Gasteiger partial charge in [-0.3, -0.25) is 9.69 Å². The summed E-state index contributed by atoms with van der Waals surface area (Å²) in [7, 11) is 2.16. The third kappa shape index (κ3) is 2.16. The van der Waals surface area contributed by atoms with E-state index >= 15 is 0 Å². The average Bonchev–Trinajstić information content (AvgIpc) is 2.08. The molecule has 0 aromatic heterocycles. The predicted molar refractivity (Wildman–Crippen MR) is 57.8 cm³/mol. The number of nitrogens with zero attached hydrogens (tertiary/aromatic N) is 2. The van der Waals surface area contributed by atoms with Crippen molar-refractivity contribution in [2.45, 2.75) is 31.8 Å². The topological polar surface area (TPSA) is 43.8 Å². The molecule has 0 radical (unpaired) electrons. The smallest absolute Gasteiger partial charge is 0.309 e. The van der Waals surface area contributed by atoms with Gasteiger partial charge in [0.1, 0.15) is 0 Å². The van der Waals surface area contributed by atoms with Crippen molar-refractivity contribution in [3.8, 4) is 0 Å². The highest BCUT2D eigenvalue weighted by molar-refractivity contribution is 5.71. The Morgan fingerprint density at radius 3 is 2.60 bits per heavy atom. The Bertz CT molecular complexity index is 251. The van der Waals surface area contributed by atoms with Crippen molar-refractivity contribution < 1.29 is 9.90 Å². The molecule has 0 bridgehead atoms. The van der Waals surface area contributed by atoms with Gasteiger partial charge in [0.25, 0.3) is 0 Å². The first kappa shape index (κ1) is 10.9. The first-order chi connectivity index (χ1) is 7.08. The lowest BCUT2D eigenvalue weighted by Crippen LogP contribution is -2.58. The maximum absolute atomic E-state index is 10.7. The summed E-state index contributed by atoms with van der Waals surface area (Å²) >= 11 is 0. The Hall–Kier alpha value is -0.610. The van der Waals surface area contributed by atoms with Crippen LogP contribution in [0.1, 0.15) is 19.8 Å². The van der Waals surface area contributed by atoms with Crippen LogP contribution in [0.4, 0.5) is 0 Å². The van der Waals surface area contributed by atoms with Crippen molar-refractivity contribution in [3.63, 3.8) is 0 Å². The molecule has 2 saturated heterocycles. The summed E-state index contributed by atoms with van der Waals surface area (Å²) in [6.07, 6.45) is 2.37. The van der Waals surface area contributed by atoms with E-state index in [-0.39, 0.29) is 5.92 Å². The van der Waals surface area contributed by atoms with Crippen LogP contribution in [0.2, 0.25) is 0 Å². The molecule has 2 atom stereocenters. The van der Waals surface area contributed by atoms with Crippen LogP contribution in [0, 0.1) is 5.92 Å². The molecule has 1 N–H and O–H groups in total. The summed E-state index contributed by atoms with van der Waals surface area (Å²) in [6, 6.07) is 1.25. The zero-order valence-electron chi connectivity index (χ0n) is 9.52. The third-order valence-electron chi connectivity index (χ3n) is 3.96. The molecule has 2 heterocycles. The van der Waals surface area contributed by atoms with Gasteiger partial charge in [-0.2, -0.15) is 0 Å². The van der Waals surface area contributed by atoms with Crippen molar-refractivity contribution in [1.29, 1.82) is 0 Å². The molecule has 0 aromatic rings. The number of carbonyl (C=O) groups is 1. The van der Waals surface area contributed by atoms with Gasteiger partial charge in [0.15, 0.2) is 0 Å². The molecule has 2 aliphatic heterocycles. The normalized spacial score (nSPS) is 35.1. The van der Waals surface area contributed by atoms with Gasteiger partial charge in [0.05, 0.1) is 5.92 Å². The number of hydrogen-bond acceptors (Lipinski definition) is 3. The van der Waals surface area contributed by atoms with Gasteiger partial charge >= 0.3 is 5.97 Å². The quantitative estimate of drug-likeness (QED) is 0.723. The van der Waals surface area contributed by atoms with Crippen LogP contribution in [0.3, 0.4) is 0 Å². The van der Waals surface area contributed by atoms with E-state index in [0.29, 0.717) is 12.1 Å². The van der Waals surface area contributed by atoms with Crippen LogP contribution in [0.25, 0.3) is 0 Å². The summed E-state index contributed by atoms with van der Waals surface area (Å²) in [5, 5.41) is 8.81. The lowest BCUT2D eigenvalue weighted by atomic mass is 9.91. The summed E-state index contributed by atoms with van der Waals surface area (Å²) in [4.78, 5) is 15.4. The second-order valence-corrected chi connectivity index (χ2v) is 5.00. The molecule has 2 unspecified atom stereocenters. The SMILES string of the molecule is CC1CC(N2CC(C(=O)O)C2)CCN1C. The van der Waals surface area contributed by atoms with Crippen LogP contribution in [-0.2, 0) is 4.79 Å². The Labute approximate surface area is 90.9 Å². The van der Waals surface area contributed by atoms with E-state index in [1.165, 1.54) is 12.8 Å². The maximum Gasteiger partial charge on any atom is 0.309 e. The third-order valence-corrected chi connectivity index (χ3v) is 3.96. The summed E-state index contributed by atoms with van der Waals surface area (Å²) in [5.74, 6) is -0.743. The Kier molecular flexibility index (Phi) is 2.98. The van der Waals surface area contributed by atoms with Gasteiger partial charge in [-0.05, 0) is 33.4 Å². The van der Waals surface area contributed by atoms with E-state index in [2.05, 4.69) is 23.8 Å². The van der Waals surface area contributed by atoms with Crippen molar-refractivity contribution in [1.82, 2.24) is 9.80 Å². The number of likely N-dealkylation sites (tertiary alicyclic amines) is 2. The molecular weight excluding hydrogens is 192 g/mol. The molecule has 86 valence electrons. The predicted octanol–water partition coefficient (Wildman–Crippen LogP) is 0.486. The van der Waals surface area contributed by atoms with Crippen LogP contribution in [-0.4, -0.2) is 59.6 Å². The molecule has 2 rings (SSSR count). The highest BCUT2D eigenvalue weighted by atomic mass is 16.4. The first-order valence-electron chi connectivity index (χ1n) is 5.75. The molecule has 2 fully saturated rings. The van der Waals surface area contributed by atoms with Gasteiger partial charge in [0, 0.05) is 25.2 Å². The molecule has 4 nitrogen and oxygen atoms in total. The second kappa shape index (κ2) is 4.10. The maximum atomic E-state index is 10.7. The number of carboxylic acids is 1. The summed E-state index contributed by atoms with van der Waals surface area (Å²) < 4.78 is 0. The van der Waals surface area contributed by atoms with Crippen molar-refractivity contribution in [2.24, 2.45) is 5.92 Å².